The molecule has 1 aliphatic carbocycles. The van der Waals surface area contributed by atoms with Crippen LogP contribution in [-0.2, 0) is 23.9 Å². The molecule has 2 fully saturated rings. The highest BCUT2D eigenvalue weighted by molar-refractivity contribution is 6.07. The zero-order valence-electron chi connectivity index (χ0n) is 11.3. The van der Waals surface area contributed by atoms with Crippen molar-refractivity contribution in [3.8, 4) is 0 Å². The summed E-state index contributed by atoms with van der Waals surface area (Å²) < 4.78 is 4.76. The molecule has 3 amide bonds. The standard InChI is InChI=1S/C13H18N2O5/c1-7(11(14)17)20-10(16)6-15-12(18)8-4-2-3-5-9(8)13(15)19/h7-9H,2-6H2,1H3,(H2,14,17)/t7-,8-,9+/m1/s1. The number of carbonyl (C=O) groups is 4. The molecule has 1 saturated heterocycles. The summed E-state index contributed by atoms with van der Waals surface area (Å²) in [6.07, 6.45) is 2.17. The molecule has 0 spiro atoms. The van der Waals surface area contributed by atoms with Crippen LogP contribution >= 0.6 is 0 Å². The van der Waals surface area contributed by atoms with Gasteiger partial charge < -0.3 is 10.5 Å². The number of nitrogens with two attached hydrogens (primary N) is 1. The van der Waals surface area contributed by atoms with E-state index in [1.54, 1.807) is 0 Å². The van der Waals surface area contributed by atoms with Gasteiger partial charge in [0.25, 0.3) is 5.91 Å². The molecule has 20 heavy (non-hydrogen) atoms. The second kappa shape index (κ2) is 5.60. The van der Waals surface area contributed by atoms with Gasteiger partial charge in [0.1, 0.15) is 6.54 Å². The number of rotatable bonds is 4. The molecule has 0 aromatic carbocycles. The minimum atomic E-state index is -1.07. The van der Waals surface area contributed by atoms with Crippen molar-refractivity contribution in [2.24, 2.45) is 17.6 Å². The maximum absolute atomic E-state index is 12.1. The number of imide groups is 1. The van der Waals surface area contributed by atoms with Gasteiger partial charge in [0.15, 0.2) is 6.10 Å². The number of hydrogen-bond donors (Lipinski definition) is 1. The van der Waals surface area contributed by atoms with E-state index < -0.39 is 24.5 Å². The average Bonchev–Trinajstić information content (AvgIpc) is 2.64. The largest absolute Gasteiger partial charge is 0.451 e. The predicted molar refractivity (Wildman–Crippen MR) is 66.9 cm³/mol. The van der Waals surface area contributed by atoms with Crippen LogP contribution in [0.25, 0.3) is 0 Å². The lowest BCUT2D eigenvalue weighted by Gasteiger charge is -2.19. The van der Waals surface area contributed by atoms with E-state index in [0.29, 0.717) is 12.8 Å². The fraction of sp³-hybridized carbons (Fsp3) is 0.692. The number of amides is 3. The summed E-state index contributed by atoms with van der Waals surface area (Å²) >= 11 is 0. The molecular formula is C13H18N2O5. The predicted octanol–water partition coefficient (Wildman–Crippen LogP) is -0.421. The van der Waals surface area contributed by atoms with Crippen molar-refractivity contribution in [2.45, 2.75) is 38.7 Å². The Labute approximate surface area is 116 Å². The highest BCUT2D eigenvalue weighted by atomic mass is 16.5. The molecule has 2 rings (SSSR count). The number of carbonyl (C=O) groups excluding carboxylic acids is 4. The van der Waals surface area contributed by atoms with Crippen molar-refractivity contribution < 1.29 is 23.9 Å². The van der Waals surface area contributed by atoms with Crippen LogP contribution in [0.15, 0.2) is 0 Å². The van der Waals surface area contributed by atoms with Gasteiger partial charge in [-0.15, -0.1) is 0 Å². The van der Waals surface area contributed by atoms with Gasteiger partial charge in [0, 0.05) is 0 Å². The molecule has 1 aliphatic heterocycles. The Bertz CT molecular complexity index is 438. The molecule has 0 radical (unpaired) electrons. The third-order valence-corrected chi connectivity index (χ3v) is 3.93. The fourth-order valence-electron chi connectivity index (χ4n) is 2.81. The van der Waals surface area contributed by atoms with E-state index in [-0.39, 0.29) is 23.7 Å². The van der Waals surface area contributed by atoms with Crippen LogP contribution in [0.1, 0.15) is 32.6 Å². The SMILES string of the molecule is C[C@@H](OC(=O)CN1C(=O)[C@H]2CCCC[C@H]2C1=O)C(N)=O. The number of nitrogens with zero attached hydrogens (tertiary/aromatic N) is 1. The third-order valence-electron chi connectivity index (χ3n) is 3.93. The van der Waals surface area contributed by atoms with Gasteiger partial charge in [0.2, 0.25) is 11.8 Å². The van der Waals surface area contributed by atoms with Gasteiger partial charge in [-0.2, -0.15) is 0 Å². The van der Waals surface area contributed by atoms with E-state index in [4.69, 9.17) is 10.5 Å². The summed E-state index contributed by atoms with van der Waals surface area (Å²) in [5.74, 6) is -2.76. The number of primary amides is 1. The molecule has 0 bridgehead atoms. The van der Waals surface area contributed by atoms with Gasteiger partial charge in [-0.3, -0.25) is 24.1 Å². The Kier molecular flexibility index (Phi) is 4.06. The van der Waals surface area contributed by atoms with Gasteiger partial charge in [-0.1, -0.05) is 12.8 Å². The molecule has 7 nitrogen and oxygen atoms in total. The normalized spacial score (nSPS) is 27.1. The Morgan fingerprint density at radius 1 is 1.25 bits per heavy atom. The van der Waals surface area contributed by atoms with E-state index >= 15 is 0 Å². The second-order valence-corrected chi connectivity index (χ2v) is 5.29. The summed E-state index contributed by atoms with van der Waals surface area (Å²) in [6.45, 7) is 0.899. The van der Waals surface area contributed by atoms with Crippen molar-refractivity contribution >= 4 is 23.7 Å². The quantitative estimate of drug-likeness (QED) is 0.556. The Balaban J connectivity index is 1.99. The van der Waals surface area contributed by atoms with Crippen LogP contribution < -0.4 is 5.73 Å². The monoisotopic (exact) mass is 282 g/mol. The van der Waals surface area contributed by atoms with Gasteiger partial charge in [-0.25, -0.2) is 0 Å². The molecule has 0 unspecified atom stereocenters. The highest BCUT2D eigenvalue weighted by Crippen LogP contribution is 2.37. The topological polar surface area (TPSA) is 107 Å². The van der Waals surface area contributed by atoms with Crippen LogP contribution in [0.2, 0.25) is 0 Å². The molecule has 110 valence electrons. The first kappa shape index (κ1) is 14.5. The minimum absolute atomic E-state index is 0.294. The zero-order chi connectivity index (χ0) is 14.9. The molecular weight excluding hydrogens is 264 g/mol. The van der Waals surface area contributed by atoms with E-state index in [2.05, 4.69) is 0 Å². The molecule has 1 saturated carbocycles. The zero-order valence-corrected chi connectivity index (χ0v) is 11.3. The van der Waals surface area contributed by atoms with Crippen molar-refractivity contribution in [3.05, 3.63) is 0 Å². The fourth-order valence-corrected chi connectivity index (χ4v) is 2.81. The van der Waals surface area contributed by atoms with Crippen molar-refractivity contribution in [2.75, 3.05) is 6.54 Å². The molecule has 3 atom stereocenters. The third kappa shape index (κ3) is 2.66. The number of likely N-dealkylation sites (tertiary alicyclic amines) is 1. The average molecular weight is 282 g/mol. The maximum atomic E-state index is 12.1. The summed E-state index contributed by atoms with van der Waals surface area (Å²) in [5.41, 5.74) is 4.98. The first-order valence-electron chi connectivity index (χ1n) is 6.76. The van der Waals surface area contributed by atoms with E-state index in [1.165, 1.54) is 6.92 Å². The molecule has 7 heteroatoms. The van der Waals surface area contributed by atoms with Crippen molar-refractivity contribution in [3.63, 3.8) is 0 Å². The first-order valence-corrected chi connectivity index (χ1v) is 6.76. The Morgan fingerprint density at radius 3 is 2.20 bits per heavy atom. The summed E-state index contributed by atoms with van der Waals surface area (Å²) in [4.78, 5) is 47.6. The number of hydrogen-bond acceptors (Lipinski definition) is 5. The number of ether oxygens (including phenoxy) is 1. The molecule has 1 heterocycles. The smallest absolute Gasteiger partial charge is 0.326 e. The summed E-state index contributed by atoms with van der Waals surface area (Å²) in [5, 5.41) is 0. The van der Waals surface area contributed by atoms with Gasteiger partial charge in [0.05, 0.1) is 11.8 Å². The van der Waals surface area contributed by atoms with Crippen LogP contribution in [0.4, 0.5) is 0 Å². The van der Waals surface area contributed by atoms with E-state index in [1.807, 2.05) is 0 Å². The lowest BCUT2D eigenvalue weighted by Crippen LogP contribution is -2.39. The molecule has 2 N–H and O–H groups in total. The highest BCUT2D eigenvalue weighted by Gasteiger charge is 2.48. The van der Waals surface area contributed by atoms with E-state index in [0.717, 1.165) is 17.7 Å². The maximum Gasteiger partial charge on any atom is 0.326 e. The van der Waals surface area contributed by atoms with Crippen molar-refractivity contribution in [1.82, 2.24) is 4.90 Å². The lowest BCUT2D eigenvalue weighted by atomic mass is 9.81. The van der Waals surface area contributed by atoms with Crippen LogP contribution in [-0.4, -0.2) is 41.2 Å². The second-order valence-electron chi connectivity index (χ2n) is 5.29. The van der Waals surface area contributed by atoms with Crippen LogP contribution in [0.3, 0.4) is 0 Å². The van der Waals surface area contributed by atoms with Crippen LogP contribution in [0, 0.1) is 11.8 Å². The van der Waals surface area contributed by atoms with E-state index in [9.17, 15) is 19.2 Å². The minimum Gasteiger partial charge on any atom is -0.451 e. The molecule has 2 aliphatic rings. The number of esters is 1. The van der Waals surface area contributed by atoms with Crippen LogP contribution in [0.5, 0.6) is 0 Å². The van der Waals surface area contributed by atoms with Gasteiger partial charge >= 0.3 is 5.97 Å². The summed E-state index contributed by atoms with van der Waals surface area (Å²) in [6, 6.07) is 0. The first-order chi connectivity index (χ1) is 9.41. The Morgan fingerprint density at radius 2 is 1.75 bits per heavy atom. The lowest BCUT2D eigenvalue weighted by molar-refractivity contribution is -0.158. The van der Waals surface area contributed by atoms with Gasteiger partial charge in [-0.05, 0) is 19.8 Å². The van der Waals surface area contributed by atoms with Crippen molar-refractivity contribution in [1.29, 1.82) is 0 Å². The summed E-state index contributed by atoms with van der Waals surface area (Å²) in [7, 11) is 0. The molecule has 0 aromatic rings. The number of fused-ring (bicyclic) bond motifs is 1. The Hall–Kier alpha value is -1.92. The molecule has 0 aromatic heterocycles.